The minimum atomic E-state index is -0.128. The van der Waals surface area contributed by atoms with Crippen molar-refractivity contribution in [3.05, 3.63) is 79.1 Å². The summed E-state index contributed by atoms with van der Waals surface area (Å²) in [4.78, 5) is 12.3. The van der Waals surface area contributed by atoms with Gasteiger partial charge in [-0.05, 0) is 49.4 Å². The molecule has 0 saturated carbocycles. The maximum absolute atomic E-state index is 12.3. The molecule has 0 spiro atoms. The molecule has 156 valence electrons. The normalized spacial score (nSPS) is 10.6. The first-order chi connectivity index (χ1) is 15.2. The van der Waals surface area contributed by atoms with Gasteiger partial charge < -0.3 is 10.1 Å². The highest BCUT2D eigenvalue weighted by Crippen LogP contribution is 2.25. The van der Waals surface area contributed by atoms with Gasteiger partial charge in [0.25, 0.3) is 0 Å². The molecule has 0 bridgehead atoms. The van der Waals surface area contributed by atoms with Gasteiger partial charge in [0.05, 0.1) is 29.4 Å². The molecule has 4 aromatic rings. The zero-order valence-electron chi connectivity index (χ0n) is 16.9. The summed E-state index contributed by atoms with van der Waals surface area (Å²) in [6.45, 7) is 2.44. The Hall–Kier alpha value is -3.65. The molecule has 1 N–H and O–H groups in total. The first-order valence-corrected chi connectivity index (χ1v) is 10.8. The van der Waals surface area contributed by atoms with Crippen LogP contribution in [0, 0.1) is 0 Å². The Bertz CT molecular complexity index is 1130. The van der Waals surface area contributed by atoms with E-state index in [-0.39, 0.29) is 11.7 Å². The first-order valence-electron chi connectivity index (χ1n) is 9.81. The Morgan fingerprint density at radius 1 is 1.03 bits per heavy atom. The largest absolute Gasteiger partial charge is 0.492 e. The van der Waals surface area contributed by atoms with Gasteiger partial charge in [-0.3, -0.25) is 4.79 Å². The molecule has 31 heavy (non-hydrogen) atoms. The monoisotopic (exact) mass is 431 g/mol. The zero-order valence-corrected chi connectivity index (χ0v) is 17.7. The van der Waals surface area contributed by atoms with Crippen LogP contribution in [0.25, 0.3) is 16.9 Å². The molecule has 0 fully saturated rings. The molecule has 0 unspecified atom stereocenters. The summed E-state index contributed by atoms with van der Waals surface area (Å²) in [7, 11) is 0. The van der Waals surface area contributed by atoms with Crippen molar-refractivity contribution < 1.29 is 9.53 Å². The van der Waals surface area contributed by atoms with Crippen molar-refractivity contribution >= 4 is 23.4 Å². The number of aromatic nitrogens is 4. The number of thioether (sulfide) groups is 1. The molecule has 2 aromatic heterocycles. The lowest BCUT2D eigenvalue weighted by Crippen LogP contribution is -2.15. The molecular formula is C23H21N5O2S. The number of nitrogens with zero attached hydrogens (tertiary/aromatic N) is 4. The van der Waals surface area contributed by atoms with Crippen LogP contribution in [-0.4, -0.2) is 38.2 Å². The fourth-order valence-electron chi connectivity index (χ4n) is 2.93. The standard InChI is InChI=1S/C23H21N5O2S/c1-2-30-21-7-4-3-6-20(21)25-22(29)16-31-23-13-12-19(26-27-23)17-8-10-18(11-9-17)28-15-5-14-24-28/h3-15H,2,16H2,1H3,(H,25,29). The van der Waals surface area contributed by atoms with Gasteiger partial charge in [0.1, 0.15) is 10.8 Å². The summed E-state index contributed by atoms with van der Waals surface area (Å²) >= 11 is 1.33. The van der Waals surface area contributed by atoms with Gasteiger partial charge in [-0.25, -0.2) is 4.68 Å². The van der Waals surface area contributed by atoms with E-state index in [4.69, 9.17) is 4.74 Å². The van der Waals surface area contributed by atoms with Crippen LogP contribution in [0.1, 0.15) is 6.92 Å². The summed E-state index contributed by atoms with van der Waals surface area (Å²) in [5.74, 6) is 0.760. The van der Waals surface area contributed by atoms with Crippen LogP contribution in [0.15, 0.2) is 84.1 Å². The maximum Gasteiger partial charge on any atom is 0.234 e. The number of anilines is 1. The highest BCUT2D eigenvalue weighted by molar-refractivity contribution is 7.99. The predicted molar refractivity (Wildman–Crippen MR) is 122 cm³/mol. The van der Waals surface area contributed by atoms with Crippen molar-refractivity contribution in [1.82, 2.24) is 20.0 Å². The van der Waals surface area contributed by atoms with Gasteiger partial charge in [0.2, 0.25) is 5.91 Å². The second-order valence-corrected chi connectivity index (χ2v) is 7.52. The molecule has 8 heteroatoms. The van der Waals surface area contributed by atoms with Gasteiger partial charge >= 0.3 is 0 Å². The second-order valence-electron chi connectivity index (χ2n) is 6.52. The molecule has 2 heterocycles. The van der Waals surface area contributed by atoms with E-state index in [0.29, 0.717) is 23.1 Å². The van der Waals surface area contributed by atoms with Gasteiger partial charge in [-0.1, -0.05) is 36.0 Å². The highest BCUT2D eigenvalue weighted by atomic mass is 32.2. The summed E-state index contributed by atoms with van der Waals surface area (Å²) in [6, 6.07) is 21.0. The fraction of sp³-hybridized carbons (Fsp3) is 0.130. The van der Waals surface area contributed by atoms with Gasteiger partial charge in [0, 0.05) is 18.0 Å². The lowest BCUT2D eigenvalue weighted by atomic mass is 10.1. The van der Waals surface area contributed by atoms with E-state index < -0.39 is 0 Å². The van der Waals surface area contributed by atoms with Gasteiger partial charge in [-0.2, -0.15) is 5.10 Å². The SMILES string of the molecule is CCOc1ccccc1NC(=O)CSc1ccc(-c2ccc(-n3cccn3)cc2)nn1. The first kappa shape index (κ1) is 20.6. The van der Waals surface area contributed by atoms with E-state index in [9.17, 15) is 4.79 Å². The Morgan fingerprint density at radius 3 is 2.58 bits per heavy atom. The number of carbonyl (C=O) groups is 1. The molecule has 0 radical (unpaired) electrons. The predicted octanol–water partition coefficient (Wildman–Crippen LogP) is 4.46. The molecule has 0 saturated heterocycles. The smallest absolute Gasteiger partial charge is 0.234 e. The van der Waals surface area contributed by atoms with Crippen molar-refractivity contribution in [2.24, 2.45) is 0 Å². The van der Waals surface area contributed by atoms with E-state index in [1.165, 1.54) is 11.8 Å². The number of hydrogen-bond donors (Lipinski definition) is 1. The zero-order chi connectivity index (χ0) is 21.5. The molecule has 0 aliphatic carbocycles. The van der Waals surface area contributed by atoms with Crippen LogP contribution in [0.5, 0.6) is 5.75 Å². The molecular weight excluding hydrogens is 410 g/mol. The molecule has 1 amide bonds. The Labute approximate surface area is 184 Å². The summed E-state index contributed by atoms with van der Waals surface area (Å²) < 4.78 is 7.33. The molecule has 0 aliphatic rings. The molecule has 0 atom stereocenters. The Balaban J connectivity index is 1.34. The van der Waals surface area contributed by atoms with E-state index >= 15 is 0 Å². The molecule has 2 aromatic carbocycles. The quantitative estimate of drug-likeness (QED) is 0.415. The van der Waals surface area contributed by atoms with Crippen LogP contribution in [0.3, 0.4) is 0 Å². The van der Waals surface area contributed by atoms with Crippen LogP contribution < -0.4 is 10.1 Å². The summed E-state index contributed by atoms with van der Waals surface area (Å²) in [6.07, 6.45) is 3.64. The number of rotatable bonds is 8. The number of benzene rings is 2. The third kappa shape index (κ3) is 5.29. The van der Waals surface area contributed by atoms with E-state index in [0.717, 1.165) is 16.9 Å². The summed E-state index contributed by atoms with van der Waals surface area (Å²) in [5, 5.41) is 16.3. The molecule has 4 rings (SSSR count). The Kier molecular flexibility index (Phi) is 6.59. The van der Waals surface area contributed by atoms with Crippen LogP contribution in [-0.2, 0) is 4.79 Å². The van der Waals surface area contributed by atoms with Crippen molar-refractivity contribution in [1.29, 1.82) is 0 Å². The van der Waals surface area contributed by atoms with Crippen molar-refractivity contribution in [3.63, 3.8) is 0 Å². The number of amides is 1. The van der Waals surface area contributed by atoms with Gasteiger partial charge in [-0.15, -0.1) is 10.2 Å². The topological polar surface area (TPSA) is 81.9 Å². The number of nitrogens with one attached hydrogen (secondary N) is 1. The third-order valence-electron chi connectivity index (χ3n) is 4.38. The average molecular weight is 432 g/mol. The van der Waals surface area contributed by atoms with E-state index in [2.05, 4.69) is 20.6 Å². The fourth-order valence-corrected chi connectivity index (χ4v) is 3.55. The van der Waals surface area contributed by atoms with Crippen LogP contribution >= 0.6 is 11.8 Å². The molecule has 0 aliphatic heterocycles. The second kappa shape index (κ2) is 9.90. The lowest BCUT2D eigenvalue weighted by molar-refractivity contribution is -0.113. The van der Waals surface area contributed by atoms with Crippen LogP contribution in [0.4, 0.5) is 5.69 Å². The summed E-state index contributed by atoms with van der Waals surface area (Å²) in [5.41, 5.74) is 3.37. The highest BCUT2D eigenvalue weighted by Gasteiger charge is 2.09. The maximum atomic E-state index is 12.3. The number of carbonyl (C=O) groups excluding carboxylic acids is 1. The minimum Gasteiger partial charge on any atom is -0.492 e. The third-order valence-corrected chi connectivity index (χ3v) is 5.30. The Morgan fingerprint density at radius 2 is 1.87 bits per heavy atom. The van der Waals surface area contributed by atoms with Crippen LogP contribution in [0.2, 0.25) is 0 Å². The molecule has 7 nitrogen and oxygen atoms in total. The minimum absolute atomic E-state index is 0.128. The number of ether oxygens (including phenoxy) is 1. The van der Waals surface area contributed by atoms with Crippen molar-refractivity contribution in [2.45, 2.75) is 11.9 Å². The van der Waals surface area contributed by atoms with Crippen molar-refractivity contribution in [2.75, 3.05) is 17.7 Å². The number of hydrogen-bond acceptors (Lipinski definition) is 6. The van der Waals surface area contributed by atoms with Crippen molar-refractivity contribution in [3.8, 4) is 22.7 Å². The number of para-hydroxylation sites is 2. The lowest BCUT2D eigenvalue weighted by Gasteiger charge is -2.11. The average Bonchev–Trinajstić information content (AvgIpc) is 3.35. The van der Waals surface area contributed by atoms with Gasteiger partial charge in [0.15, 0.2) is 0 Å². The van der Waals surface area contributed by atoms with E-state index in [1.807, 2.05) is 79.9 Å². The van der Waals surface area contributed by atoms with E-state index in [1.54, 1.807) is 10.9 Å².